The highest BCUT2D eigenvalue weighted by atomic mass is 127. The Morgan fingerprint density at radius 1 is 1.50 bits per heavy atom. The molecule has 0 bridgehead atoms. The monoisotopic (exact) mass is 420 g/mol. The second-order valence-electron chi connectivity index (χ2n) is 2.59. The van der Waals surface area contributed by atoms with E-state index in [1.807, 2.05) is 45.2 Å². The van der Waals surface area contributed by atoms with Gasteiger partial charge in [-0.1, -0.05) is 6.07 Å². The summed E-state index contributed by atoms with van der Waals surface area (Å²) in [6.07, 6.45) is -0.0186. The van der Waals surface area contributed by atoms with Crippen molar-refractivity contribution < 1.29 is 13.9 Å². The summed E-state index contributed by atoms with van der Waals surface area (Å²) >= 11 is 3.96. The lowest BCUT2D eigenvalue weighted by atomic mass is 10.1. The van der Waals surface area contributed by atoms with Crippen LogP contribution >= 0.6 is 45.2 Å². The van der Waals surface area contributed by atoms with Gasteiger partial charge in [0.05, 0.1) is 17.1 Å². The van der Waals surface area contributed by atoms with E-state index < -0.39 is 5.97 Å². The molecule has 1 rings (SSSR count). The van der Waals surface area contributed by atoms with E-state index in [-0.39, 0.29) is 12.2 Å². The molecule has 0 aromatic heterocycles. The van der Waals surface area contributed by atoms with Crippen molar-refractivity contribution in [2.45, 2.75) is 6.42 Å². The number of carbonyl (C=O) groups is 1. The van der Waals surface area contributed by atoms with Crippen LogP contribution < -0.4 is 0 Å². The molecule has 14 heavy (non-hydrogen) atoms. The molecule has 0 N–H and O–H groups in total. The first kappa shape index (κ1) is 12.2. The minimum absolute atomic E-state index is 0.0186. The number of ether oxygens (including phenoxy) is 1. The Balaban J connectivity index is 3.00. The van der Waals surface area contributed by atoms with Crippen LogP contribution in [0.3, 0.4) is 0 Å². The van der Waals surface area contributed by atoms with Gasteiger partial charge < -0.3 is 4.74 Å². The van der Waals surface area contributed by atoms with Gasteiger partial charge in [-0.2, -0.15) is 0 Å². The summed E-state index contributed by atoms with van der Waals surface area (Å²) in [5.74, 6) is -0.760. The number of benzene rings is 1. The molecule has 1 aromatic carbocycles. The molecular formula is C9H7FI2O2. The molecule has 0 spiro atoms. The van der Waals surface area contributed by atoms with E-state index in [0.717, 1.165) is 3.57 Å². The van der Waals surface area contributed by atoms with Crippen molar-refractivity contribution in [3.63, 3.8) is 0 Å². The molecule has 0 heterocycles. The topological polar surface area (TPSA) is 26.3 Å². The lowest BCUT2D eigenvalue weighted by molar-refractivity contribution is -0.139. The van der Waals surface area contributed by atoms with Crippen molar-refractivity contribution in [2.75, 3.05) is 7.11 Å². The Kier molecular flexibility index (Phi) is 4.55. The van der Waals surface area contributed by atoms with Crippen molar-refractivity contribution in [3.8, 4) is 0 Å². The molecule has 0 amide bonds. The second kappa shape index (κ2) is 5.24. The lowest BCUT2D eigenvalue weighted by Gasteiger charge is -2.04. The van der Waals surface area contributed by atoms with E-state index in [0.29, 0.717) is 9.13 Å². The molecule has 76 valence electrons. The largest absolute Gasteiger partial charge is 0.469 e. The van der Waals surface area contributed by atoms with Crippen LogP contribution in [0.4, 0.5) is 4.39 Å². The van der Waals surface area contributed by atoms with Crippen molar-refractivity contribution >= 4 is 51.2 Å². The van der Waals surface area contributed by atoms with Gasteiger partial charge in [0.2, 0.25) is 0 Å². The molecule has 0 atom stereocenters. The number of halogens is 3. The Hall–Kier alpha value is 0.0800. The molecule has 0 aliphatic heterocycles. The summed E-state index contributed by atoms with van der Waals surface area (Å²) in [5, 5.41) is 0. The molecule has 0 unspecified atom stereocenters. The molecule has 5 heteroatoms. The summed E-state index contributed by atoms with van der Waals surface area (Å²) < 4.78 is 19.4. The van der Waals surface area contributed by atoms with E-state index in [4.69, 9.17) is 0 Å². The van der Waals surface area contributed by atoms with Crippen LogP contribution in [0, 0.1) is 13.0 Å². The van der Waals surface area contributed by atoms with Crippen LogP contribution in [0.2, 0.25) is 0 Å². The van der Waals surface area contributed by atoms with Crippen molar-refractivity contribution in [2.24, 2.45) is 0 Å². The lowest BCUT2D eigenvalue weighted by Crippen LogP contribution is -2.07. The predicted molar refractivity (Wildman–Crippen MR) is 67.6 cm³/mol. The zero-order valence-corrected chi connectivity index (χ0v) is 11.6. The Morgan fingerprint density at radius 2 is 2.14 bits per heavy atom. The number of hydrogen-bond donors (Lipinski definition) is 0. The van der Waals surface area contributed by atoms with E-state index in [1.54, 1.807) is 12.1 Å². The smallest absolute Gasteiger partial charge is 0.310 e. The number of esters is 1. The fourth-order valence-corrected chi connectivity index (χ4v) is 1.87. The summed E-state index contributed by atoms with van der Waals surface area (Å²) in [7, 11) is 1.29. The maximum atomic E-state index is 13.5. The fraction of sp³-hybridized carbons (Fsp3) is 0.222. The average molecular weight is 420 g/mol. The van der Waals surface area contributed by atoms with Gasteiger partial charge in [0.1, 0.15) is 5.82 Å². The van der Waals surface area contributed by atoms with Gasteiger partial charge in [0, 0.05) is 9.13 Å². The quantitative estimate of drug-likeness (QED) is 0.418. The molecule has 0 saturated heterocycles. The first-order valence-corrected chi connectivity index (χ1v) is 5.91. The number of methoxy groups -OCH3 is 1. The normalized spacial score (nSPS) is 10.0. The van der Waals surface area contributed by atoms with E-state index >= 15 is 0 Å². The first-order valence-electron chi connectivity index (χ1n) is 3.75. The van der Waals surface area contributed by atoms with Gasteiger partial charge in [-0.15, -0.1) is 0 Å². The first-order chi connectivity index (χ1) is 6.56. The van der Waals surface area contributed by atoms with Crippen molar-refractivity contribution in [1.29, 1.82) is 0 Å². The number of hydrogen-bond acceptors (Lipinski definition) is 2. The van der Waals surface area contributed by atoms with Gasteiger partial charge in [-0.3, -0.25) is 4.79 Å². The molecule has 0 saturated carbocycles. The van der Waals surface area contributed by atoms with Crippen molar-refractivity contribution in [1.82, 2.24) is 0 Å². The van der Waals surface area contributed by atoms with Crippen LogP contribution in [-0.2, 0) is 16.0 Å². The van der Waals surface area contributed by atoms with Gasteiger partial charge in [0.15, 0.2) is 0 Å². The average Bonchev–Trinajstić information content (AvgIpc) is 2.19. The highest BCUT2D eigenvalue weighted by Gasteiger charge is 2.12. The molecule has 0 aliphatic rings. The molecule has 1 aromatic rings. The SMILES string of the molecule is COC(=O)Cc1ccc(I)c(I)c1F. The number of rotatable bonds is 2. The molecule has 2 nitrogen and oxygen atoms in total. The Labute approximate surface area is 108 Å². The van der Waals surface area contributed by atoms with Gasteiger partial charge >= 0.3 is 5.97 Å². The predicted octanol–water partition coefficient (Wildman–Crippen LogP) is 2.75. The van der Waals surface area contributed by atoms with Crippen molar-refractivity contribution in [3.05, 3.63) is 30.7 Å². The Morgan fingerprint density at radius 3 is 2.71 bits per heavy atom. The number of carbonyl (C=O) groups excluding carboxylic acids is 1. The summed E-state index contributed by atoms with van der Waals surface area (Å²) in [4.78, 5) is 10.9. The highest BCUT2D eigenvalue weighted by molar-refractivity contribution is 14.1. The minimum Gasteiger partial charge on any atom is -0.469 e. The summed E-state index contributed by atoms with van der Waals surface area (Å²) in [6.45, 7) is 0. The van der Waals surface area contributed by atoms with Crippen LogP contribution in [0.1, 0.15) is 5.56 Å². The zero-order valence-electron chi connectivity index (χ0n) is 7.31. The maximum Gasteiger partial charge on any atom is 0.310 e. The zero-order chi connectivity index (χ0) is 10.7. The highest BCUT2D eigenvalue weighted by Crippen LogP contribution is 2.21. The van der Waals surface area contributed by atoms with Crippen LogP contribution in [0.5, 0.6) is 0 Å². The maximum absolute atomic E-state index is 13.5. The van der Waals surface area contributed by atoms with E-state index in [2.05, 4.69) is 4.74 Å². The van der Waals surface area contributed by atoms with Gasteiger partial charge in [0.25, 0.3) is 0 Å². The van der Waals surface area contributed by atoms with Crippen LogP contribution in [0.15, 0.2) is 12.1 Å². The molecular weight excluding hydrogens is 413 g/mol. The molecule has 0 fully saturated rings. The van der Waals surface area contributed by atoms with Crippen LogP contribution in [-0.4, -0.2) is 13.1 Å². The minimum atomic E-state index is -0.430. The Bertz CT molecular complexity index is 366. The summed E-state index contributed by atoms with van der Waals surface area (Å²) in [6, 6.07) is 3.39. The molecule has 0 aliphatic carbocycles. The third-order valence-electron chi connectivity index (χ3n) is 1.68. The van der Waals surface area contributed by atoms with Gasteiger partial charge in [-0.25, -0.2) is 4.39 Å². The fourth-order valence-electron chi connectivity index (χ4n) is 0.930. The third-order valence-corrected chi connectivity index (χ3v) is 4.66. The third kappa shape index (κ3) is 2.78. The summed E-state index contributed by atoms with van der Waals surface area (Å²) in [5.41, 5.74) is 0.377. The van der Waals surface area contributed by atoms with Gasteiger partial charge in [-0.05, 0) is 51.2 Å². The molecule has 0 radical (unpaired) electrons. The standard InChI is InChI=1S/C9H7FI2O2/c1-14-7(13)4-5-2-3-6(11)9(12)8(5)10/h2-3H,4H2,1H3. The van der Waals surface area contributed by atoms with E-state index in [1.165, 1.54) is 7.11 Å². The van der Waals surface area contributed by atoms with E-state index in [9.17, 15) is 9.18 Å². The second-order valence-corrected chi connectivity index (χ2v) is 4.83. The van der Waals surface area contributed by atoms with Crippen LogP contribution in [0.25, 0.3) is 0 Å².